The third-order valence-electron chi connectivity index (χ3n) is 3.88. The van der Waals surface area contributed by atoms with Crippen LogP contribution >= 0.6 is 12.2 Å². The number of hydrogen-bond acceptors (Lipinski definition) is 5. The molecule has 26 heavy (non-hydrogen) atoms. The maximum absolute atomic E-state index is 12.6. The summed E-state index contributed by atoms with van der Waals surface area (Å²) in [4.78, 5) is 24.3. The molecule has 0 bridgehead atoms. The smallest absolute Gasteiger partial charge is 0.276 e. The summed E-state index contributed by atoms with van der Waals surface area (Å²) < 4.78 is 5.11. The second-order valence-electron chi connectivity index (χ2n) is 5.58. The summed E-state index contributed by atoms with van der Waals surface area (Å²) in [5, 5.41) is 13.9. The van der Waals surface area contributed by atoms with E-state index in [1.54, 1.807) is 37.5 Å². The Kier molecular flexibility index (Phi) is 4.94. The number of amides is 1. The van der Waals surface area contributed by atoms with E-state index in [0.717, 1.165) is 16.9 Å². The van der Waals surface area contributed by atoms with Gasteiger partial charge in [0.1, 0.15) is 11.4 Å². The van der Waals surface area contributed by atoms with Crippen LogP contribution in [-0.2, 0) is 11.3 Å². The molecule has 0 aliphatic carbocycles. The number of rotatable bonds is 5. The maximum Gasteiger partial charge on any atom is 0.276 e. The number of thiocarbonyl (C=S) groups is 1. The molecular formula is C18H15N3O4S. The van der Waals surface area contributed by atoms with Crippen molar-refractivity contribution in [2.75, 3.05) is 7.11 Å². The van der Waals surface area contributed by atoms with Gasteiger partial charge in [-0.15, -0.1) is 0 Å². The predicted molar refractivity (Wildman–Crippen MR) is 100 cm³/mol. The first-order valence-electron chi connectivity index (χ1n) is 7.70. The monoisotopic (exact) mass is 369 g/mol. The van der Waals surface area contributed by atoms with Gasteiger partial charge in [-0.1, -0.05) is 24.3 Å². The molecule has 1 heterocycles. The third kappa shape index (κ3) is 3.70. The molecule has 1 saturated heterocycles. The van der Waals surface area contributed by atoms with E-state index in [1.807, 2.05) is 12.1 Å². The fraction of sp³-hybridized carbons (Fsp3) is 0.111. The molecule has 1 fully saturated rings. The van der Waals surface area contributed by atoms with Crippen molar-refractivity contribution in [2.24, 2.45) is 0 Å². The standard InChI is InChI=1S/C18H15N3O4S/c1-25-15-8-4-12(5-9-15)10-16-17(22)20(18(26)19-16)11-13-2-6-14(7-3-13)21(23)24/h2-10H,11H2,1H3,(H,19,26)/b16-10-. The Balaban J connectivity index is 1.75. The molecular weight excluding hydrogens is 354 g/mol. The zero-order valence-electron chi connectivity index (χ0n) is 13.8. The topological polar surface area (TPSA) is 84.7 Å². The number of nitrogens with zero attached hydrogens (tertiary/aromatic N) is 2. The lowest BCUT2D eigenvalue weighted by atomic mass is 10.1. The van der Waals surface area contributed by atoms with Crippen LogP contribution in [0.15, 0.2) is 54.2 Å². The van der Waals surface area contributed by atoms with Crippen molar-refractivity contribution in [3.63, 3.8) is 0 Å². The lowest BCUT2D eigenvalue weighted by Gasteiger charge is -2.13. The first kappa shape index (κ1) is 17.6. The van der Waals surface area contributed by atoms with E-state index in [2.05, 4.69) is 5.32 Å². The normalized spacial score (nSPS) is 15.3. The van der Waals surface area contributed by atoms with Crippen molar-refractivity contribution < 1.29 is 14.5 Å². The number of hydrogen-bond donors (Lipinski definition) is 1. The van der Waals surface area contributed by atoms with Gasteiger partial charge in [0.2, 0.25) is 0 Å². The molecule has 3 rings (SSSR count). The quantitative estimate of drug-likeness (QED) is 0.378. The molecule has 1 aliphatic heterocycles. The molecule has 8 heteroatoms. The molecule has 1 N–H and O–H groups in total. The Morgan fingerprint density at radius 1 is 1.19 bits per heavy atom. The van der Waals surface area contributed by atoms with Gasteiger partial charge in [-0.25, -0.2) is 0 Å². The average Bonchev–Trinajstić information content (AvgIpc) is 2.90. The molecule has 0 atom stereocenters. The molecule has 7 nitrogen and oxygen atoms in total. The van der Waals surface area contributed by atoms with Crippen LogP contribution in [0.1, 0.15) is 11.1 Å². The van der Waals surface area contributed by atoms with E-state index in [9.17, 15) is 14.9 Å². The molecule has 2 aromatic rings. The number of carbonyl (C=O) groups is 1. The van der Waals surface area contributed by atoms with Crippen LogP contribution < -0.4 is 10.1 Å². The SMILES string of the molecule is COc1ccc(/C=C2\NC(=S)N(Cc3ccc([N+](=O)[O-])cc3)C2=O)cc1. The summed E-state index contributed by atoms with van der Waals surface area (Å²) in [7, 11) is 1.59. The Labute approximate surface area is 155 Å². The van der Waals surface area contributed by atoms with Crippen LogP contribution in [-0.4, -0.2) is 28.0 Å². The molecule has 2 aromatic carbocycles. The number of nitro benzene ring substituents is 1. The van der Waals surface area contributed by atoms with Gasteiger partial charge < -0.3 is 10.1 Å². The molecule has 0 saturated carbocycles. The highest BCUT2D eigenvalue weighted by atomic mass is 32.1. The van der Waals surface area contributed by atoms with Crippen LogP contribution in [0.4, 0.5) is 5.69 Å². The highest BCUT2D eigenvalue weighted by Gasteiger charge is 2.30. The first-order valence-corrected chi connectivity index (χ1v) is 8.10. The molecule has 1 aliphatic rings. The van der Waals surface area contributed by atoms with Gasteiger partial charge in [-0.3, -0.25) is 19.8 Å². The van der Waals surface area contributed by atoms with Crippen LogP contribution in [0.25, 0.3) is 6.08 Å². The van der Waals surface area contributed by atoms with E-state index < -0.39 is 4.92 Å². The van der Waals surface area contributed by atoms with Crippen molar-refractivity contribution in [3.8, 4) is 5.75 Å². The number of nitrogens with one attached hydrogen (secondary N) is 1. The van der Waals surface area contributed by atoms with Gasteiger partial charge in [-0.2, -0.15) is 0 Å². The van der Waals surface area contributed by atoms with E-state index in [0.29, 0.717) is 10.8 Å². The Morgan fingerprint density at radius 2 is 1.85 bits per heavy atom. The molecule has 0 spiro atoms. The molecule has 0 aromatic heterocycles. The fourth-order valence-corrected chi connectivity index (χ4v) is 2.75. The van der Waals surface area contributed by atoms with Gasteiger partial charge in [-0.05, 0) is 41.6 Å². The highest BCUT2D eigenvalue weighted by molar-refractivity contribution is 7.80. The fourth-order valence-electron chi connectivity index (χ4n) is 2.49. The number of nitro groups is 1. The molecule has 0 unspecified atom stereocenters. The Bertz CT molecular complexity index is 892. The van der Waals surface area contributed by atoms with Gasteiger partial charge in [0.05, 0.1) is 18.6 Å². The van der Waals surface area contributed by atoms with Crippen LogP contribution in [0, 0.1) is 10.1 Å². The van der Waals surface area contributed by atoms with E-state index in [-0.39, 0.29) is 18.1 Å². The minimum absolute atomic E-state index is 0.00212. The van der Waals surface area contributed by atoms with Gasteiger partial charge in [0, 0.05) is 12.1 Å². The number of non-ortho nitro benzene ring substituents is 1. The first-order chi connectivity index (χ1) is 12.5. The van der Waals surface area contributed by atoms with Crippen LogP contribution in [0.3, 0.4) is 0 Å². The minimum atomic E-state index is -0.466. The summed E-state index contributed by atoms with van der Waals surface area (Å²) in [6.45, 7) is 0.239. The van der Waals surface area contributed by atoms with E-state index >= 15 is 0 Å². The summed E-state index contributed by atoms with van der Waals surface area (Å²) in [6.07, 6.45) is 1.71. The van der Waals surface area contributed by atoms with Gasteiger partial charge in [0.15, 0.2) is 5.11 Å². The average molecular weight is 369 g/mol. The highest BCUT2D eigenvalue weighted by Crippen LogP contribution is 2.20. The lowest BCUT2D eigenvalue weighted by Crippen LogP contribution is -2.29. The molecule has 0 radical (unpaired) electrons. The van der Waals surface area contributed by atoms with Crippen LogP contribution in [0.5, 0.6) is 5.75 Å². The number of carbonyl (C=O) groups excluding carboxylic acids is 1. The Morgan fingerprint density at radius 3 is 2.42 bits per heavy atom. The largest absolute Gasteiger partial charge is 0.497 e. The van der Waals surface area contributed by atoms with Crippen molar-refractivity contribution >= 4 is 35.0 Å². The lowest BCUT2D eigenvalue weighted by molar-refractivity contribution is -0.384. The summed E-state index contributed by atoms with van der Waals surface area (Å²) in [5.41, 5.74) is 1.96. The van der Waals surface area contributed by atoms with Gasteiger partial charge in [0.25, 0.3) is 11.6 Å². The van der Waals surface area contributed by atoms with Crippen molar-refractivity contribution in [3.05, 3.63) is 75.5 Å². The van der Waals surface area contributed by atoms with Crippen molar-refractivity contribution in [1.82, 2.24) is 10.2 Å². The zero-order chi connectivity index (χ0) is 18.7. The van der Waals surface area contributed by atoms with Gasteiger partial charge >= 0.3 is 0 Å². The summed E-state index contributed by atoms with van der Waals surface area (Å²) in [6, 6.07) is 13.3. The van der Waals surface area contributed by atoms with Crippen LogP contribution in [0.2, 0.25) is 0 Å². The summed E-state index contributed by atoms with van der Waals surface area (Å²) in [5.74, 6) is 0.484. The van der Waals surface area contributed by atoms with Crippen molar-refractivity contribution in [1.29, 1.82) is 0 Å². The second-order valence-corrected chi connectivity index (χ2v) is 5.96. The Hall–Kier alpha value is -3.26. The number of benzene rings is 2. The van der Waals surface area contributed by atoms with Crippen molar-refractivity contribution in [2.45, 2.75) is 6.54 Å². The van der Waals surface area contributed by atoms with E-state index in [4.69, 9.17) is 17.0 Å². The minimum Gasteiger partial charge on any atom is -0.497 e. The third-order valence-corrected chi connectivity index (χ3v) is 4.20. The molecule has 1 amide bonds. The summed E-state index contributed by atoms with van der Waals surface area (Å²) >= 11 is 5.24. The maximum atomic E-state index is 12.6. The van der Waals surface area contributed by atoms with E-state index in [1.165, 1.54) is 17.0 Å². The molecule has 132 valence electrons. The number of ether oxygens (including phenoxy) is 1. The predicted octanol–water partition coefficient (Wildman–Crippen LogP) is 2.86. The second kappa shape index (κ2) is 7.32. The number of methoxy groups -OCH3 is 1. The zero-order valence-corrected chi connectivity index (χ0v) is 14.7.